The van der Waals surface area contributed by atoms with E-state index in [1.807, 2.05) is 31.2 Å². The normalized spacial score (nSPS) is 13.3. The zero-order valence-corrected chi connectivity index (χ0v) is 21.2. The highest BCUT2D eigenvalue weighted by molar-refractivity contribution is 5.86. The molecule has 14 heteroatoms. The summed E-state index contributed by atoms with van der Waals surface area (Å²) in [6, 6.07) is 14.0. The number of nitrogens with zero attached hydrogens (tertiary/aromatic N) is 8. The van der Waals surface area contributed by atoms with Crippen LogP contribution in [0.3, 0.4) is 0 Å². The van der Waals surface area contributed by atoms with Crippen LogP contribution in [0.4, 0.5) is 20.3 Å². The summed E-state index contributed by atoms with van der Waals surface area (Å²) < 4.78 is 44.4. The number of aromatic nitrogens is 7. The van der Waals surface area contributed by atoms with E-state index in [2.05, 4.69) is 41.4 Å². The van der Waals surface area contributed by atoms with E-state index in [0.29, 0.717) is 53.0 Å². The molecule has 0 aliphatic carbocycles. The van der Waals surface area contributed by atoms with Gasteiger partial charge in [-0.15, -0.1) is 10.2 Å². The van der Waals surface area contributed by atoms with Gasteiger partial charge in [-0.2, -0.15) is 19.1 Å². The molecule has 1 fully saturated rings. The van der Waals surface area contributed by atoms with Gasteiger partial charge in [0.1, 0.15) is 30.1 Å². The first-order chi connectivity index (χ1) is 19.4. The summed E-state index contributed by atoms with van der Waals surface area (Å²) in [4.78, 5) is 9.18. The lowest BCUT2D eigenvalue weighted by atomic mass is 10.2. The number of alkyl halides is 2. The van der Waals surface area contributed by atoms with Gasteiger partial charge in [-0.05, 0) is 44.2 Å². The molecule has 0 spiro atoms. The van der Waals surface area contributed by atoms with Crippen LogP contribution in [0.5, 0.6) is 11.6 Å². The van der Waals surface area contributed by atoms with E-state index in [1.54, 1.807) is 30.0 Å². The molecule has 5 aromatic rings. The fraction of sp³-hybridized carbons (Fsp3) is 0.231. The van der Waals surface area contributed by atoms with Gasteiger partial charge in [0.2, 0.25) is 5.88 Å². The summed E-state index contributed by atoms with van der Waals surface area (Å²) in [7, 11) is 0. The average Bonchev–Trinajstić information content (AvgIpc) is 3.49. The van der Waals surface area contributed by atoms with Crippen LogP contribution in [0, 0.1) is 25.2 Å². The molecule has 202 valence electrons. The zero-order valence-electron chi connectivity index (χ0n) is 21.2. The van der Waals surface area contributed by atoms with Gasteiger partial charge < -0.3 is 19.5 Å². The SMILES string of the molecule is Cc1ccc(Nc2cc3ncn(-c4ccc(C#N)c(-n5nc(OC(F)F)cc5C)n4)c3cc2OC2COC2)nn1. The number of hydrogen-bond acceptors (Lipinski definition) is 10. The number of nitriles is 1. The number of hydrogen-bond donors (Lipinski definition) is 1. The van der Waals surface area contributed by atoms with Gasteiger partial charge >= 0.3 is 6.61 Å². The third-order valence-electron chi connectivity index (χ3n) is 6.11. The van der Waals surface area contributed by atoms with Crippen molar-refractivity contribution in [3.05, 3.63) is 65.7 Å². The molecule has 0 atom stereocenters. The summed E-state index contributed by atoms with van der Waals surface area (Å²) in [5, 5.41) is 25.3. The second-order valence-corrected chi connectivity index (χ2v) is 8.98. The van der Waals surface area contributed by atoms with Gasteiger partial charge in [-0.25, -0.2) is 14.6 Å². The van der Waals surface area contributed by atoms with Crippen LogP contribution in [0.1, 0.15) is 17.0 Å². The maximum atomic E-state index is 12.7. The van der Waals surface area contributed by atoms with Crippen molar-refractivity contribution >= 4 is 22.5 Å². The number of ether oxygens (including phenoxy) is 3. The van der Waals surface area contributed by atoms with E-state index in [9.17, 15) is 14.0 Å². The van der Waals surface area contributed by atoms with Gasteiger partial charge in [0, 0.05) is 17.8 Å². The number of imidazole rings is 1. The molecule has 0 amide bonds. The molecular weight excluding hydrogens is 524 g/mol. The lowest BCUT2D eigenvalue weighted by Gasteiger charge is -2.27. The maximum Gasteiger partial charge on any atom is 0.388 e. The molecular formula is C26H21F2N9O3. The van der Waals surface area contributed by atoms with Crippen molar-refractivity contribution in [2.75, 3.05) is 18.5 Å². The zero-order chi connectivity index (χ0) is 27.8. The Balaban J connectivity index is 1.42. The second kappa shape index (κ2) is 10.2. The Bertz CT molecular complexity index is 1740. The number of fused-ring (bicyclic) bond motifs is 1. The van der Waals surface area contributed by atoms with Crippen LogP contribution >= 0.6 is 0 Å². The van der Waals surface area contributed by atoms with Crippen LogP contribution in [-0.4, -0.2) is 60.4 Å². The van der Waals surface area contributed by atoms with Crippen molar-refractivity contribution < 1.29 is 23.0 Å². The Morgan fingerprint density at radius 2 is 1.98 bits per heavy atom. The monoisotopic (exact) mass is 545 g/mol. The molecule has 5 heterocycles. The van der Waals surface area contributed by atoms with E-state index in [0.717, 1.165) is 5.69 Å². The highest BCUT2D eigenvalue weighted by atomic mass is 19.3. The molecule has 1 saturated heterocycles. The Morgan fingerprint density at radius 1 is 1.12 bits per heavy atom. The van der Waals surface area contributed by atoms with Crippen LogP contribution < -0.4 is 14.8 Å². The molecule has 12 nitrogen and oxygen atoms in total. The first kappa shape index (κ1) is 25.1. The molecule has 1 aliphatic heterocycles. The van der Waals surface area contributed by atoms with Gasteiger partial charge in [0.05, 0.1) is 41.2 Å². The number of anilines is 2. The highest BCUT2D eigenvalue weighted by Crippen LogP contribution is 2.34. The molecule has 4 aromatic heterocycles. The van der Waals surface area contributed by atoms with Crippen LogP contribution in [0.2, 0.25) is 0 Å². The molecule has 6 rings (SSSR count). The summed E-state index contributed by atoms with van der Waals surface area (Å²) in [5.41, 5.74) is 3.41. The van der Waals surface area contributed by atoms with Crippen molar-refractivity contribution in [1.82, 2.24) is 34.5 Å². The van der Waals surface area contributed by atoms with Gasteiger partial charge in [-0.3, -0.25) is 4.57 Å². The highest BCUT2D eigenvalue weighted by Gasteiger charge is 2.23. The lowest BCUT2D eigenvalue weighted by molar-refractivity contribution is -0.0793. The molecule has 0 radical (unpaired) electrons. The van der Waals surface area contributed by atoms with Crippen molar-refractivity contribution in [2.45, 2.75) is 26.6 Å². The largest absolute Gasteiger partial charge is 0.483 e. The third-order valence-corrected chi connectivity index (χ3v) is 6.11. The Kier molecular flexibility index (Phi) is 6.40. The number of halogens is 2. The molecule has 1 aliphatic rings. The first-order valence-corrected chi connectivity index (χ1v) is 12.1. The molecule has 0 saturated carbocycles. The second-order valence-electron chi connectivity index (χ2n) is 8.98. The van der Waals surface area contributed by atoms with Crippen molar-refractivity contribution in [3.8, 4) is 29.3 Å². The molecule has 0 bridgehead atoms. The van der Waals surface area contributed by atoms with Gasteiger partial charge in [0.25, 0.3) is 0 Å². The van der Waals surface area contributed by atoms with Gasteiger partial charge in [-0.1, -0.05) is 0 Å². The number of nitrogens with one attached hydrogen (secondary N) is 1. The van der Waals surface area contributed by atoms with E-state index in [1.165, 1.54) is 10.7 Å². The Morgan fingerprint density at radius 3 is 2.67 bits per heavy atom. The Labute approximate surface area is 225 Å². The molecule has 40 heavy (non-hydrogen) atoms. The quantitative estimate of drug-likeness (QED) is 0.304. The minimum atomic E-state index is -3.03. The fourth-order valence-electron chi connectivity index (χ4n) is 4.11. The summed E-state index contributed by atoms with van der Waals surface area (Å²) in [5.74, 6) is 1.39. The summed E-state index contributed by atoms with van der Waals surface area (Å²) in [6.07, 6.45) is 1.49. The topological polar surface area (TPSA) is 138 Å². The minimum absolute atomic E-state index is 0.106. The average molecular weight is 546 g/mol. The standard InChI is InChI=1S/C26H21F2N9O3/c1-14-3-5-22(34-33-14)31-19-8-18-20(9-21(19)39-17-11-38-12-17)36(13-30-18)23-6-4-16(10-29)25(32-23)37-15(2)7-24(35-37)40-26(27)28/h3-9,13,17,26H,11-12H2,1-2H3,(H,31,34). The predicted molar refractivity (Wildman–Crippen MR) is 137 cm³/mol. The first-order valence-electron chi connectivity index (χ1n) is 12.1. The number of rotatable bonds is 8. The van der Waals surface area contributed by atoms with E-state index < -0.39 is 6.61 Å². The van der Waals surface area contributed by atoms with Crippen molar-refractivity contribution in [1.29, 1.82) is 5.26 Å². The summed E-state index contributed by atoms with van der Waals surface area (Å²) >= 11 is 0. The number of benzene rings is 1. The molecule has 0 unspecified atom stereocenters. The predicted octanol–water partition coefficient (Wildman–Crippen LogP) is 4.01. The number of aryl methyl sites for hydroxylation is 2. The third kappa shape index (κ3) is 4.85. The van der Waals surface area contributed by atoms with E-state index in [4.69, 9.17) is 9.47 Å². The molecule has 1 N–H and O–H groups in total. The van der Waals surface area contributed by atoms with Crippen molar-refractivity contribution in [2.24, 2.45) is 0 Å². The van der Waals surface area contributed by atoms with Crippen molar-refractivity contribution in [3.63, 3.8) is 0 Å². The molecule has 1 aromatic carbocycles. The smallest absolute Gasteiger partial charge is 0.388 e. The van der Waals surface area contributed by atoms with Crippen LogP contribution in [-0.2, 0) is 4.74 Å². The van der Waals surface area contributed by atoms with E-state index >= 15 is 0 Å². The maximum absolute atomic E-state index is 12.7. The minimum Gasteiger partial charge on any atom is -0.483 e. The van der Waals surface area contributed by atoms with Gasteiger partial charge in [0.15, 0.2) is 11.6 Å². The van der Waals surface area contributed by atoms with Crippen LogP contribution in [0.15, 0.2) is 48.8 Å². The Hall–Kier alpha value is -5.16. The van der Waals surface area contributed by atoms with Crippen LogP contribution in [0.25, 0.3) is 22.7 Å². The number of pyridine rings is 1. The van der Waals surface area contributed by atoms with E-state index in [-0.39, 0.29) is 23.4 Å². The lowest BCUT2D eigenvalue weighted by Crippen LogP contribution is -2.38. The fourth-order valence-corrected chi connectivity index (χ4v) is 4.11. The summed E-state index contributed by atoms with van der Waals surface area (Å²) in [6.45, 7) is 1.42.